The Bertz CT molecular complexity index is 759. The quantitative estimate of drug-likeness (QED) is 0.882. The molecule has 3 N–H and O–H groups in total. The second-order valence-electron chi connectivity index (χ2n) is 4.37. The Kier molecular flexibility index (Phi) is 4.12. The molecule has 0 aliphatic rings. The van der Waals surface area contributed by atoms with Crippen molar-refractivity contribution in [2.24, 2.45) is 0 Å². The molecule has 0 spiro atoms. The van der Waals surface area contributed by atoms with Crippen molar-refractivity contribution < 1.29 is 17.2 Å². The first-order valence-electron chi connectivity index (χ1n) is 6.14. The van der Waals surface area contributed by atoms with Crippen molar-refractivity contribution in [1.82, 2.24) is 9.78 Å². The molecule has 2 aromatic rings. The van der Waals surface area contributed by atoms with Crippen LogP contribution in [-0.4, -0.2) is 18.2 Å². The number of benzene rings is 1. The minimum atomic E-state index is -4.10. The number of aryl methyl sites for hydroxylation is 1. The Morgan fingerprint density at radius 2 is 2.10 bits per heavy atom. The zero-order valence-corrected chi connectivity index (χ0v) is 12.0. The van der Waals surface area contributed by atoms with E-state index in [9.17, 15) is 17.2 Å². The van der Waals surface area contributed by atoms with Crippen LogP contribution in [0.25, 0.3) is 0 Å². The van der Waals surface area contributed by atoms with Gasteiger partial charge in [0.15, 0.2) is 5.82 Å². The standard InChI is InChI=1S/C12H14F2N4O2S/c1-2-5-18-7-11(12(15)16-18)21(19,20)17-10-4-3-8(13)6-9(10)14/h3-4,6-7,17H,2,5H2,1H3,(H2,15,16). The van der Waals surface area contributed by atoms with Gasteiger partial charge in [-0.15, -0.1) is 0 Å². The van der Waals surface area contributed by atoms with Crippen LogP contribution in [0.15, 0.2) is 29.3 Å². The normalized spacial score (nSPS) is 11.6. The van der Waals surface area contributed by atoms with Crippen LogP contribution in [0.4, 0.5) is 20.3 Å². The van der Waals surface area contributed by atoms with Gasteiger partial charge in [0, 0.05) is 18.8 Å². The van der Waals surface area contributed by atoms with Crippen molar-refractivity contribution in [3.05, 3.63) is 36.0 Å². The molecule has 0 radical (unpaired) electrons. The summed E-state index contributed by atoms with van der Waals surface area (Å²) in [6.07, 6.45) is 2.02. The molecule has 6 nitrogen and oxygen atoms in total. The van der Waals surface area contributed by atoms with Crippen molar-refractivity contribution in [3.63, 3.8) is 0 Å². The van der Waals surface area contributed by atoms with Gasteiger partial charge in [-0.05, 0) is 18.6 Å². The number of hydrogen-bond donors (Lipinski definition) is 2. The summed E-state index contributed by atoms with van der Waals surface area (Å²) in [5.41, 5.74) is 5.21. The minimum Gasteiger partial charge on any atom is -0.381 e. The molecule has 0 aliphatic heterocycles. The fraction of sp³-hybridized carbons (Fsp3) is 0.250. The smallest absolute Gasteiger partial charge is 0.267 e. The van der Waals surface area contributed by atoms with Crippen molar-refractivity contribution >= 4 is 21.5 Å². The Morgan fingerprint density at radius 1 is 1.38 bits per heavy atom. The Morgan fingerprint density at radius 3 is 2.71 bits per heavy atom. The second kappa shape index (κ2) is 5.68. The molecule has 0 aliphatic carbocycles. The van der Waals surface area contributed by atoms with Crippen molar-refractivity contribution in [1.29, 1.82) is 0 Å². The van der Waals surface area contributed by atoms with E-state index in [0.29, 0.717) is 12.6 Å². The van der Waals surface area contributed by atoms with E-state index in [0.717, 1.165) is 18.6 Å². The molecule has 2 rings (SSSR count). The van der Waals surface area contributed by atoms with Gasteiger partial charge in [0.1, 0.15) is 16.5 Å². The van der Waals surface area contributed by atoms with Crippen LogP contribution >= 0.6 is 0 Å². The molecule has 1 aromatic carbocycles. The summed E-state index contributed by atoms with van der Waals surface area (Å²) in [7, 11) is -4.10. The van der Waals surface area contributed by atoms with Crippen LogP contribution in [0.2, 0.25) is 0 Å². The molecular weight excluding hydrogens is 302 g/mol. The third-order valence-corrected chi connectivity index (χ3v) is 4.05. The molecule has 1 aromatic heterocycles. The number of nitrogens with two attached hydrogens (primary N) is 1. The third-order valence-electron chi connectivity index (χ3n) is 2.67. The Hall–Kier alpha value is -2.16. The molecule has 0 fully saturated rings. The van der Waals surface area contributed by atoms with E-state index in [1.54, 1.807) is 0 Å². The second-order valence-corrected chi connectivity index (χ2v) is 6.02. The van der Waals surface area contributed by atoms with Crippen LogP contribution in [-0.2, 0) is 16.6 Å². The van der Waals surface area contributed by atoms with Crippen LogP contribution in [0.5, 0.6) is 0 Å². The number of hydrogen-bond acceptors (Lipinski definition) is 4. The number of anilines is 2. The number of rotatable bonds is 5. The number of halogens is 2. The van der Waals surface area contributed by atoms with E-state index in [1.165, 1.54) is 10.9 Å². The molecule has 0 saturated carbocycles. The molecule has 0 saturated heterocycles. The molecule has 21 heavy (non-hydrogen) atoms. The SMILES string of the molecule is CCCn1cc(S(=O)(=O)Nc2ccc(F)cc2F)c(N)n1. The van der Waals surface area contributed by atoms with Gasteiger partial charge in [0.2, 0.25) is 0 Å². The van der Waals surface area contributed by atoms with Gasteiger partial charge >= 0.3 is 0 Å². The summed E-state index contributed by atoms with van der Waals surface area (Å²) in [4.78, 5) is -0.250. The maximum Gasteiger partial charge on any atom is 0.267 e. The average molecular weight is 316 g/mol. The van der Waals surface area contributed by atoms with Crippen LogP contribution < -0.4 is 10.5 Å². The van der Waals surface area contributed by atoms with E-state index in [2.05, 4.69) is 5.10 Å². The van der Waals surface area contributed by atoms with E-state index < -0.39 is 21.7 Å². The summed E-state index contributed by atoms with van der Waals surface area (Å²) < 4.78 is 54.1. The van der Waals surface area contributed by atoms with E-state index in [-0.39, 0.29) is 16.4 Å². The molecule has 0 unspecified atom stereocenters. The first kappa shape index (κ1) is 15.2. The summed E-state index contributed by atoms with van der Waals surface area (Å²) in [5.74, 6) is -2.00. The first-order valence-corrected chi connectivity index (χ1v) is 7.62. The van der Waals surface area contributed by atoms with E-state index in [4.69, 9.17) is 5.73 Å². The lowest BCUT2D eigenvalue weighted by Crippen LogP contribution is -2.15. The predicted molar refractivity (Wildman–Crippen MR) is 74.1 cm³/mol. The number of sulfonamides is 1. The molecule has 1 heterocycles. The van der Waals surface area contributed by atoms with Gasteiger partial charge in [-0.3, -0.25) is 9.40 Å². The van der Waals surface area contributed by atoms with Gasteiger partial charge in [-0.25, -0.2) is 17.2 Å². The highest BCUT2D eigenvalue weighted by molar-refractivity contribution is 7.92. The summed E-state index contributed by atoms with van der Waals surface area (Å²) in [6.45, 7) is 2.41. The molecule has 114 valence electrons. The minimum absolute atomic E-state index is 0.182. The average Bonchev–Trinajstić information content (AvgIpc) is 2.75. The third kappa shape index (κ3) is 3.30. The lowest BCUT2D eigenvalue weighted by Gasteiger charge is -2.07. The molecular formula is C12H14F2N4O2S. The van der Waals surface area contributed by atoms with Gasteiger partial charge in [0.25, 0.3) is 10.0 Å². The monoisotopic (exact) mass is 316 g/mol. The topological polar surface area (TPSA) is 90.0 Å². The number of nitrogen functional groups attached to an aromatic ring is 1. The number of nitrogens with zero attached hydrogens (tertiary/aromatic N) is 2. The summed E-state index contributed by atoms with van der Waals surface area (Å²) in [6, 6.07) is 2.53. The summed E-state index contributed by atoms with van der Waals surface area (Å²) in [5, 5.41) is 3.87. The zero-order valence-electron chi connectivity index (χ0n) is 11.2. The van der Waals surface area contributed by atoms with Crippen LogP contribution in [0.3, 0.4) is 0 Å². The first-order chi connectivity index (χ1) is 9.83. The van der Waals surface area contributed by atoms with Crippen molar-refractivity contribution in [3.8, 4) is 0 Å². The number of nitrogens with one attached hydrogen (secondary N) is 1. The molecule has 0 atom stereocenters. The highest BCUT2D eigenvalue weighted by Crippen LogP contribution is 2.22. The molecule has 0 amide bonds. The van der Waals surface area contributed by atoms with Gasteiger partial charge in [-0.1, -0.05) is 6.92 Å². The Labute approximate surface area is 120 Å². The molecule has 9 heteroatoms. The zero-order chi connectivity index (χ0) is 15.6. The van der Waals surface area contributed by atoms with Crippen molar-refractivity contribution in [2.45, 2.75) is 24.8 Å². The highest BCUT2D eigenvalue weighted by atomic mass is 32.2. The fourth-order valence-corrected chi connectivity index (χ4v) is 2.88. The molecule has 0 bridgehead atoms. The largest absolute Gasteiger partial charge is 0.381 e. The maximum absolute atomic E-state index is 13.5. The lowest BCUT2D eigenvalue weighted by molar-refractivity contribution is 0.582. The van der Waals surface area contributed by atoms with E-state index in [1.807, 2.05) is 11.6 Å². The number of aromatic nitrogens is 2. The Balaban J connectivity index is 2.34. The van der Waals surface area contributed by atoms with Crippen LogP contribution in [0, 0.1) is 11.6 Å². The lowest BCUT2D eigenvalue weighted by atomic mass is 10.3. The van der Waals surface area contributed by atoms with Gasteiger partial charge in [-0.2, -0.15) is 5.10 Å². The van der Waals surface area contributed by atoms with Gasteiger partial charge < -0.3 is 5.73 Å². The predicted octanol–water partition coefficient (Wildman–Crippen LogP) is 1.95. The highest BCUT2D eigenvalue weighted by Gasteiger charge is 2.22. The van der Waals surface area contributed by atoms with Crippen molar-refractivity contribution in [2.75, 3.05) is 10.5 Å². The van der Waals surface area contributed by atoms with E-state index >= 15 is 0 Å². The fourth-order valence-electron chi connectivity index (χ4n) is 1.74. The summed E-state index contributed by atoms with van der Waals surface area (Å²) >= 11 is 0. The van der Waals surface area contributed by atoms with Gasteiger partial charge in [0.05, 0.1) is 5.69 Å². The van der Waals surface area contributed by atoms with Crippen LogP contribution in [0.1, 0.15) is 13.3 Å². The maximum atomic E-state index is 13.5.